The van der Waals surface area contributed by atoms with E-state index in [1.165, 1.54) is 22.7 Å². The lowest BCUT2D eigenvalue weighted by atomic mass is 9.87. The summed E-state index contributed by atoms with van der Waals surface area (Å²) in [6, 6.07) is 6.26. The number of sulfonamides is 1. The van der Waals surface area contributed by atoms with Crippen molar-refractivity contribution in [2.75, 3.05) is 17.1 Å². The summed E-state index contributed by atoms with van der Waals surface area (Å²) < 4.78 is 58.6. The van der Waals surface area contributed by atoms with Crippen molar-refractivity contribution in [1.82, 2.24) is 4.98 Å². The lowest BCUT2D eigenvalue weighted by Gasteiger charge is -2.40. The van der Waals surface area contributed by atoms with Crippen molar-refractivity contribution in [3.63, 3.8) is 0 Å². The highest BCUT2D eigenvalue weighted by molar-refractivity contribution is 7.92. The summed E-state index contributed by atoms with van der Waals surface area (Å²) in [5, 5.41) is 0. The number of esters is 1. The van der Waals surface area contributed by atoms with E-state index in [1.807, 2.05) is 60.6 Å². The minimum atomic E-state index is -3.55. The van der Waals surface area contributed by atoms with Gasteiger partial charge in [0.25, 0.3) is 0 Å². The van der Waals surface area contributed by atoms with Crippen LogP contribution in [0, 0.1) is 5.82 Å². The number of hydrogen-bond donors (Lipinski definition) is 0. The van der Waals surface area contributed by atoms with Crippen LogP contribution in [0.15, 0.2) is 30.3 Å². The molecule has 0 amide bonds. The number of benzene rings is 1. The van der Waals surface area contributed by atoms with Crippen LogP contribution >= 0.6 is 0 Å². The maximum Gasteiger partial charge on any atom is 0.308 e. The SMILES string of the molecule is CC(C)c1nc2c(c(-c3ccc(F)cc3)c1C=C[C@@H]1C[C@H](CC(=O)OC(C)(C)C)OC(C)(C)O1)CCCN2S(C)(=O)=O. The standard InChI is InChI=1S/C32H43FN2O6S/c1-20(2)29-25(16-15-23-18-24(40-32(6,7)39-23)19-27(36)41-31(3,4)5)28(21-11-13-22(33)14-12-21)26-10-9-17-35(30(26)34-29)42(8,37)38/h11-16,20,23-24H,9-10,17-19H2,1-8H3/t23-,24-/m1/s1. The Labute approximate surface area is 249 Å². The summed E-state index contributed by atoms with van der Waals surface area (Å²) in [5.41, 5.74) is 3.41. The predicted molar refractivity (Wildman–Crippen MR) is 162 cm³/mol. The molecule has 1 aromatic carbocycles. The lowest BCUT2D eigenvalue weighted by Crippen LogP contribution is -2.45. The number of ether oxygens (including phenoxy) is 3. The van der Waals surface area contributed by atoms with Gasteiger partial charge in [-0.2, -0.15) is 0 Å². The highest BCUT2D eigenvalue weighted by Crippen LogP contribution is 2.42. The molecule has 3 heterocycles. The number of carbonyl (C=O) groups excluding carboxylic acids is 1. The van der Waals surface area contributed by atoms with Crippen molar-refractivity contribution < 1.29 is 31.8 Å². The van der Waals surface area contributed by atoms with Crippen molar-refractivity contribution in [2.24, 2.45) is 0 Å². The highest BCUT2D eigenvalue weighted by atomic mass is 32.2. The van der Waals surface area contributed by atoms with Crippen LogP contribution in [0.5, 0.6) is 0 Å². The molecule has 4 rings (SSSR count). The van der Waals surface area contributed by atoms with E-state index in [0.717, 1.165) is 27.9 Å². The van der Waals surface area contributed by atoms with Gasteiger partial charge in [-0.05, 0) is 76.6 Å². The Hall–Kier alpha value is -2.82. The molecule has 2 aliphatic rings. The molecule has 42 heavy (non-hydrogen) atoms. The van der Waals surface area contributed by atoms with Gasteiger partial charge in [-0.1, -0.05) is 38.1 Å². The molecule has 2 aliphatic heterocycles. The Morgan fingerprint density at radius 1 is 1.21 bits per heavy atom. The second-order valence-electron chi connectivity index (χ2n) is 12.9. The molecule has 0 spiro atoms. The maximum atomic E-state index is 14.0. The van der Waals surface area contributed by atoms with Crippen molar-refractivity contribution in [3.05, 3.63) is 53.0 Å². The zero-order valence-electron chi connectivity index (χ0n) is 25.9. The zero-order chi connectivity index (χ0) is 31.0. The first-order valence-electron chi connectivity index (χ1n) is 14.5. The van der Waals surface area contributed by atoms with Crippen LogP contribution in [0.1, 0.15) is 90.5 Å². The number of hydrogen-bond acceptors (Lipinski definition) is 7. The van der Waals surface area contributed by atoms with Gasteiger partial charge in [-0.3, -0.25) is 9.10 Å². The third-order valence-electron chi connectivity index (χ3n) is 7.12. The largest absolute Gasteiger partial charge is 0.460 e. The van der Waals surface area contributed by atoms with Gasteiger partial charge < -0.3 is 14.2 Å². The van der Waals surface area contributed by atoms with Gasteiger partial charge in [0.05, 0.1) is 30.6 Å². The molecule has 0 radical (unpaired) electrons. The fourth-order valence-corrected chi connectivity index (χ4v) is 6.56. The molecule has 1 fully saturated rings. The fourth-order valence-electron chi connectivity index (χ4n) is 5.64. The van der Waals surface area contributed by atoms with Gasteiger partial charge in [0.1, 0.15) is 17.2 Å². The zero-order valence-corrected chi connectivity index (χ0v) is 26.7. The first-order valence-corrected chi connectivity index (χ1v) is 16.3. The van der Waals surface area contributed by atoms with Gasteiger partial charge >= 0.3 is 5.97 Å². The number of pyridine rings is 1. The van der Waals surface area contributed by atoms with Crippen molar-refractivity contribution in [2.45, 2.75) is 104 Å². The number of halogens is 1. The molecule has 0 N–H and O–H groups in total. The Bertz CT molecular complexity index is 1440. The molecule has 2 aromatic rings. The Kier molecular flexibility index (Phi) is 9.21. The molecule has 0 unspecified atom stereocenters. The van der Waals surface area contributed by atoms with Crippen LogP contribution in [0.2, 0.25) is 0 Å². The predicted octanol–water partition coefficient (Wildman–Crippen LogP) is 6.38. The monoisotopic (exact) mass is 602 g/mol. The molecule has 2 atom stereocenters. The van der Waals surface area contributed by atoms with Gasteiger partial charge in [-0.25, -0.2) is 17.8 Å². The first kappa shape index (κ1) is 32.1. The Morgan fingerprint density at radius 3 is 2.48 bits per heavy atom. The van der Waals surface area contributed by atoms with Crippen LogP contribution < -0.4 is 4.31 Å². The van der Waals surface area contributed by atoms with E-state index in [0.29, 0.717) is 31.6 Å². The van der Waals surface area contributed by atoms with Gasteiger partial charge in [0.2, 0.25) is 10.0 Å². The Morgan fingerprint density at radius 2 is 1.88 bits per heavy atom. The van der Waals surface area contributed by atoms with Crippen LogP contribution in [0.3, 0.4) is 0 Å². The quantitative estimate of drug-likeness (QED) is 0.340. The maximum absolute atomic E-state index is 14.0. The number of aromatic nitrogens is 1. The van der Waals surface area contributed by atoms with E-state index in [-0.39, 0.29) is 30.2 Å². The number of nitrogens with zero attached hydrogens (tertiary/aromatic N) is 2. The summed E-state index contributed by atoms with van der Waals surface area (Å²) >= 11 is 0. The number of carbonyl (C=O) groups is 1. The molecule has 1 aromatic heterocycles. The first-order chi connectivity index (χ1) is 19.4. The molecule has 10 heteroatoms. The van der Waals surface area contributed by atoms with E-state index < -0.39 is 27.5 Å². The summed E-state index contributed by atoms with van der Waals surface area (Å²) in [6.45, 7) is 13.5. The normalized spacial score (nSPS) is 21.0. The molecule has 0 bridgehead atoms. The van der Waals surface area contributed by atoms with E-state index in [4.69, 9.17) is 19.2 Å². The second-order valence-corrected chi connectivity index (χ2v) is 14.8. The summed E-state index contributed by atoms with van der Waals surface area (Å²) in [7, 11) is -3.55. The van der Waals surface area contributed by atoms with E-state index in [2.05, 4.69) is 0 Å². The van der Waals surface area contributed by atoms with Gasteiger partial charge in [0, 0.05) is 24.1 Å². The fraction of sp³-hybridized carbons (Fsp3) is 0.562. The minimum absolute atomic E-state index is 0.0375. The number of rotatable bonds is 7. The topological polar surface area (TPSA) is 95.0 Å². The molecule has 0 saturated carbocycles. The second kappa shape index (κ2) is 12.1. The summed E-state index contributed by atoms with van der Waals surface area (Å²) in [5.74, 6) is -1.21. The lowest BCUT2D eigenvalue weighted by molar-refractivity contribution is -0.290. The molecule has 0 aliphatic carbocycles. The molecular weight excluding hydrogens is 559 g/mol. The van der Waals surface area contributed by atoms with Crippen LogP contribution in [-0.2, 0) is 35.4 Å². The molecule has 1 saturated heterocycles. The summed E-state index contributed by atoms with van der Waals surface area (Å²) in [6.07, 6.45) is 6.18. The van der Waals surface area contributed by atoms with E-state index >= 15 is 0 Å². The van der Waals surface area contributed by atoms with Crippen LogP contribution in [0.4, 0.5) is 10.2 Å². The van der Waals surface area contributed by atoms with Crippen molar-refractivity contribution in [3.8, 4) is 11.1 Å². The van der Waals surface area contributed by atoms with Crippen LogP contribution in [0.25, 0.3) is 17.2 Å². The molecule has 8 nitrogen and oxygen atoms in total. The van der Waals surface area contributed by atoms with Gasteiger partial charge in [-0.15, -0.1) is 0 Å². The number of anilines is 1. The third kappa shape index (κ3) is 7.76. The van der Waals surface area contributed by atoms with E-state index in [1.54, 1.807) is 12.1 Å². The van der Waals surface area contributed by atoms with E-state index in [9.17, 15) is 17.6 Å². The minimum Gasteiger partial charge on any atom is -0.460 e. The van der Waals surface area contributed by atoms with Crippen molar-refractivity contribution >= 4 is 27.9 Å². The highest BCUT2D eigenvalue weighted by Gasteiger charge is 2.37. The summed E-state index contributed by atoms with van der Waals surface area (Å²) in [4.78, 5) is 17.5. The molecular formula is C32H43FN2O6S. The number of fused-ring (bicyclic) bond motifs is 1. The smallest absolute Gasteiger partial charge is 0.308 e. The van der Waals surface area contributed by atoms with Crippen molar-refractivity contribution in [1.29, 1.82) is 0 Å². The Balaban J connectivity index is 1.79. The third-order valence-corrected chi connectivity index (χ3v) is 8.28. The average Bonchev–Trinajstić information content (AvgIpc) is 2.84. The molecule has 230 valence electrons. The average molecular weight is 603 g/mol. The van der Waals surface area contributed by atoms with Gasteiger partial charge in [0.15, 0.2) is 5.79 Å². The van der Waals surface area contributed by atoms with Crippen LogP contribution in [-0.4, -0.2) is 55.8 Å².